The molecule has 12 nitrogen and oxygen atoms in total. The van der Waals surface area contributed by atoms with E-state index in [9.17, 15) is 146 Å². The maximum absolute atomic E-state index is 13.4. The molecule has 0 fully saturated rings. The van der Waals surface area contributed by atoms with Gasteiger partial charge in [-0.1, -0.05) is 0 Å². The van der Waals surface area contributed by atoms with E-state index in [0.717, 1.165) is 0 Å². The third kappa shape index (κ3) is 23.9. The molecular weight excluding hydrogens is 1160 g/mol. The van der Waals surface area contributed by atoms with E-state index < -0.39 is 206 Å². The monoisotopic (exact) mass is 1190 g/mol. The molecule has 0 N–H and O–H groups in total. The summed E-state index contributed by atoms with van der Waals surface area (Å²) in [7, 11) is 0. The van der Waals surface area contributed by atoms with Crippen LogP contribution in [-0.2, 0) is 57.0 Å². The van der Waals surface area contributed by atoms with Crippen LogP contribution in [0, 0.1) is 0 Å². The van der Waals surface area contributed by atoms with Crippen LogP contribution in [0.4, 0.5) is 132 Å². The number of carbonyl (C=O) groups excluding carboxylic acids is 3. The molecule has 0 aromatic heterocycles. The second-order valence-corrected chi connectivity index (χ2v) is 14.3. The molecule has 0 aromatic rings. The molecule has 0 atom stereocenters. The van der Waals surface area contributed by atoms with E-state index in [1.807, 2.05) is 0 Å². The molecule has 444 valence electrons. The fourth-order valence-electron chi connectivity index (χ4n) is 3.88. The number of esters is 3. The Morgan fingerprint density at radius 1 is 0.307 bits per heavy atom. The van der Waals surface area contributed by atoms with Crippen LogP contribution in [0.1, 0.15) is 6.42 Å². The highest BCUT2D eigenvalue weighted by Crippen LogP contribution is 2.40. The van der Waals surface area contributed by atoms with E-state index in [-0.39, 0.29) is 0 Å². The highest BCUT2D eigenvalue weighted by molar-refractivity contribution is 6.00. The minimum atomic E-state index is -6.49. The molecule has 0 bridgehead atoms. The number of hydrogen-bond donors (Lipinski definition) is 0. The zero-order valence-corrected chi connectivity index (χ0v) is 35.7. The molecule has 0 heterocycles. The van der Waals surface area contributed by atoms with Gasteiger partial charge in [0, 0.05) is 6.08 Å². The Balaban J connectivity index is 7.36. The average Bonchev–Trinajstić information content (AvgIpc) is 3.17. The van der Waals surface area contributed by atoms with Crippen molar-refractivity contribution in [2.75, 3.05) is 79.3 Å². The van der Waals surface area contributed by atoms with Gasteiger partial charge < -0.3 is 42.6 Å². The van der Waals surface area contributed by atoms with Crippen molar-refractivity contribution in [3.05, 3.63) is 11.6 Å². The Labute approximate surface area is 395 Å². The Morgan fingerprint density at radius 3 is 0.720 bits per heavy atom. The maximum atomic E-state index is 13.4. The van der Waals surface area contributed by atoms with Gasteiger partial charge in [-0.05, 0) is 0 Å². The summed E-state index contributed by atoms with van der Waals surface area (Å²) in [6, 6.07) is 0. The topological polar surface area (TPSA) is 134 Å². The van der Waals surface area contributed by atoms with Crippen molar-refractivity contribution in [1.82, 2.24) is 0 Å². The van der Waals surface area contributed by atoms with E-state index in [2.05, 4.69) is 42.6 Å². The van der Waals surface area contributed by atoms with Crippen molar-refractivity contribution in [1.29, 1.82) is 0 Å². The number of rotatable bonds is 31. The zero-order valence-electron chi connectivity index (χ0n) is 35.7. The summed E-state index contributed by atoms with van der Waals surface area (Å²) in [6.45, 7) is -28.9. The SMILES string of the molecule is O=C(C=C(CC(=O)OC(COCC(F)(F)C(F)(F)F)COCC(F)(F)C(F)(F)F)C(=O)OC(COCC(F)(F)C(F)(F)F)COCC(F)(F)C(F)(F)F)OC(COCC(F)(F)C(F)(F)F)COCC(F)(F)C(F)(F)F. The summed E-state index contributed by atoms with van der Waals surface area (Å²) in [6.07, 6.45) is -50.3. The fraction of sp³-hybridized carbons (Fsp3) is 0.848. The van der Waals surface area contributed by atoms with Crippen molar-refractivity contribution in [2.45, 2.75) is 97.3 Å². The van der Waals surface area contributed by atoms with Crippen molar-refractivity contribution >= 4 is 17.9 Å². The standard InChI is InChI=1S/C33H30F30O12/c34-22(35,28(46,47)48)9-67-3-16(4-68-10-23(36,37)29(49,50)51)73-19(64)1-15(21(66)75-18(7-71-13-26(42,43)32(58,59)60)8-72-14-27(44,45)33(61,62)63)2-20(65)74-17(5-69-11-24(38,39)30(52,53)54)6-70-12-25(40,41)31(55,56)57/h1,16-18H,2-14H2. The molecule has 0 saturated carbocycles. The van der Waals surface area contributed by atoms with E-state index >= 15 is 0 Å². The highest BCUT2D eigenvalue weighted by atomic mass is 19.5. The Morgan fingerprint density at radius 2 is 0.507 bits per heavy atom. The first-order valence-electron chi connectivity index (χ1n) is 18.7. The summed E-state index contributed by atoms with van der Waals surface area (Å²) in [5, 5.41) is 0. The van der Waals surface area contributed by atoms with Crippen LogP contribution in [0.5, 0.6) is 0 Å². The van der Waals surface area contributed by atoms with Gasteiger partial charge in [0.2, 0.25) is 0 Å². The van der Waals surface area contributed by atoms with Crippen LogP contribution >= 0.6 is 0 Å². The van der Waals surface area contributed by atoms with Crippen LogP contribution in [0.2, 0.25) is 0 Å². The van der Waals surface area contributed by atoms with Gasteiger partial charge in [0.1, 0.15) is 58.0 Å². The van der Waals surface area contributed by atoms with Gasteiger partial charge in [0.05, 0.1) is 51.6 Å². The first kappa shape index (κ1) is 70.8. The average molecular weight is 1190 g/mol. The summed E-state index contributed by atoms with van der Waals surface area (Å²) in [5.74, 6) is -42.7. The molecule has 75 heavy (non-hydrogen) atoms. The third-order valence-electron chi connectivity index (χ3n) is 7.75. The number of carbonyl (C=O) groups is 3. The van der Waals surface area contributed by atoms with Crippen LogP contribution in [0.3, 0.4) is 0 Å². The van der Waals surface area contributed by atoms with Crippen molar-refractivity contribution < 1.29 is 189 Å². The van der Waals surface area contributed by atoms with Gasteiger partial charge in [0.15, 0.2) is 0 Å². The van der Waals surface area contributed by atoms with E-state index in [0.29, 0.717) is 0 Å². The minimum Gasteiger partial charge on any atom is -0.457 e. The summed E-state index contributed by atoms with van der Waals surface area (Å²) < 4.78 is 425. The molecule has 0 aliphatic rings. The lowest BCUT2D eigenvalue weighted by Crippen LogP contribution is -2.43. The van der Waals surface area contributed by atoms with E-state index in [1.54, 1.807) is 0 Å². The van der Waals surface area contributed by atoms with Crippen molar-refractivity contribution in [2.24, 2.45) is 0 Å². The number of halogens is 30. The maximum Gasteiger partial charge on any atom is 0.455 e. The predicted octanol–water partition coefficient (Wildman–Crippen LogP) is 9.32. The predicted molar refractivity (Wildman–Crippen MR) is 173 cm³/mol. The highest BCUT2D eigenvalue weighted by Gasteiger charge is 2.62. The molecule has 0 aliphatic heterocycles. The second kappa shape index (κ2) is 26.4. The molecule has 0 aliphatic carbocycles. The minimum absolute atomic E-state index is 0.616. The number of hydrogen-bond acceptors (Lipinski definition) is 12. The van der Waals surface area contributed by atoms with Crippen LogP contribution in [-0.4, -0.2) is 188 Å². The van der Waals surface area contributed by atoms with Crippen molar-refractivity contribution in [3.8, 4) is 0 Å². The Hall–Kier alpha value is -4.19. The molecular formula is C33H30F30O12. The lowest BCUT2D eigenvalue weighted by Gasteiger charge is -2.25. The molecule has 0 aromatic carbocycles. The summed E-state index contributed by atoms with van der Waals surface area (Å²) in [4.78, 5) is 39.0. The molecule has 0 saturated heterocycles. The lowest BCUT2D eigenvalue weighted by atomic mass is 10.1. The van der Waals surface area contributed by atoms with E-state index in [4.69, 9.17) is 0 Å². The Bertz CT molecular complexity index is 1720. The smallest absolute Gasteiger partial charge is 0.455 e. The quantitative estimate of drug-likeness (QED) is 0.0284. The van der Waals surface area contributed by atoms with Crippen LogP contribution < -0.4 is 0 Å². The molecule has 0 rings (SSSR count). The van der Waals surface area contributed by atoms with Crippen molar-refractivity contribution in [3.63, 3.8) is 0 Å². The van der Waals surface area contributed by atoms with Gasteiger partial charge in [0.25, 0.3) is 0 Å². The summed E-state index contributed by atoms with van der Waals surface area (Å²) >= 11 is 0. The van der Waals surface area contributed by atoms with Gasteiger partial charge in [-0.2, -0.15) is 132 Å². The zero-order chi connectivity index (χ0) is 59.3. The first-order chi connectivity index (χ1) is 33.2. The van der Waals surface area contributed by atoms with Crippen LogP contribution in [0.25, 0.3) is 0 Å². The molecule has 0 spiro atoms. The van der Waals surface area contributed by atoms with Gasteiger partial charge in [-0.3, -0.25) is 4.79 Å². The first-order valence-corrected chi connectivity index (χ1v) is 18.7. The molecule has 0 radical (unpaired) electrons. The normalized spacial score (nSPS) is 14.8. The third-order valence-corrected chi connectivity index (χ3v) is 7.75. The largest absolute Gasteiger partial charge is 0.457 e. The molecule has 42 heteroatoms. The lowest BCUT2D eigenvalue weighted by molar-refractivity contribution is -0.301. The van der Waals surface area contributed by atoms with Gasteiger partial charge in [-0.25, -0.2) is 9.59 Å². The number of ether oxygens (including phenoxy) is 9. The molecule has 0 unspecified atom stereocenters. The van der Waals surface area contributed by atoms with E-state index in [1.165, 1.54) is 0 Å². The summed E-state index contributed by atoms with van der Waals surface area (Å²) in [5.41, 5.74) is -1.99. The fourth-order valence-corrected chi connectivity index (χ4v) is 3.88. The molecule has 0 amide bonds. The number of alkyl halides is 30. The second-order valence-electron chi connectivity index (χ2n) is 14.3. The van der Waals surface area contributed by atoms with Gasteiger partial charge >= 0.3 is 90.5 Å². The van der Waals surface area contributed by atoms with Gasteiger partial charge in [-0.15, -0.1) is 0 Å². The Kier molecular flexibility index (Phi) is 25.0. The van der Waals surface area contributed by atoms with Crippen LogP contribution in [0.15, 0.2) is 11.6 Å².